The van der Waals surface area contributed by atoms with E-state index in [9.17, 15) is 18.0 Å². The number of halogens is 3. The molecule has 0 radical (unpaired) electrons. The fraction of sp³-hybridized carbons (Fsp3) is 0.667. The molecule has 1 aliphatic rings. The lowest BCUT2D eigenvalue weighted by atomic mass is 9.99. The minimum atomic E-state index is -4.59. The molecule has 0 aliphatic carbocycles. The standard InChI is InChI=1S/C9H12F3N5O/c10-9(11,12)7-15-8(17-16-7)14-6(18)5-2-1-3-13-4-5/h5,13H,1-4H2,(H2,14,15,16,17,18). The highest BCUT2D eigenvalue weighted by atomic mass is 19.4. The highest BCUT2D eigenvalue weighted by molar-refractivity contribution is 5.91. The largest absolute Gasteiger partial charge is 0.451 e. The first-order valence-corrected chi connectivity index (χ1v) is 5.48. The Balaban J connectivity index is 1.96. The van der Waals surface area contributed by atoms with Crippen LogP contribution < -0.4 is 10.6 Å². The number of aromatic amines is 1. The van der Waals surface area contributed by atoms with Gasteiger partial charge < -0.3 is 5.32 Å². The maximum Gasteiger partial charge on any atom is 0.451 e. The first kappa shape index (κ1) is 12.8. The number of hydrogen-bond donors (Lipinski definition) is 3. The van der Waals surface area contributed by atoms with E-state index >= 15 is 0 Å². The molecule has 1 unspecified atom stereocenters. The van der Waals surface area contributed by atoms with E-state index in [0.29, 0.717) is 13.0 Å². The Morgan fingerprint density at radius 2 is 2.22 bits per heavy atom. The van der Waals surface area contributed by atoms with Gasteiger partial charge in [0.2, 0.25) is 17.7 Å². The van der Waals surface area contributed by atoms with Crippen molar-refractivity contribution in [3.8, 4) is 0 Å². The van der Waals surface area contributed by atoms with Crippen LogP contribution in [0.1, 0.15) is 18.7 Å². The van der Waals surface area contributed by atoms with Gasteiger partial charge in [0.25, 0.3) is 0 Å². The summed E-state index contributed by atoms with van der Waals surface area (Å²) < 4.78 is 36.7. The highest BCUT2D eigenvalue weighted by Gasteiger charge is 2.35. The second-order valence-electron chi connectivity index (χ2n) is 4.04. The summed E-state index contributed by atoms with van der Waals surface area (Å²) >= 11 is 0. The summed E-state index contributed by atoms with van der Waals surface area (Å²) in [6.07, 6.45) is -3.03. The quantitative estimate of drug-likeness (QED) is 0.735. The van der Waals surface area contributed by atoms with Crippen molar-refractivity contribution in [1.29, 1.82) is 0 Å². The topological polar surface area (TPSA) is 82.7 Å². The molecule has 1 aromatic rings. The minimum absolute atomic E-state index is 0.258. The number of piperidine rings is 1. The average molecular weight is 263 g/mol. The summed E-state index contributed by atoms with van der Waals surface area (Å²) in [5.41, 5.74) is 0. The molecule has 100 valence electrons. The molecule has 2 rings (SSSR count). The summed E-state index contributed by atoms with van der Waals surface area (Å²) in [4.78, 5) is 14.9. The third-order valence-corrected chi connectivity index (χ3v) is 2.66. The van der Waals surface area contributed by atoms with Crippen LogP contribution in [0.5, 0.6) is 0 Å². The van der Waals surface area contributed by atoms with Gasteiger partial charge in [0.1, 0.15) is 0 Å². The number of alkyl halides is 3. The molecule has 0 spiro atoms. The van der Waals surface area contributed by atoms with Gasteiger partial charge in [-0.25, -0.2) is 0 Å². The van der Waals surface area contributed by atoms with Crippen molar-refractivity contribution >= 4 is 11.9 Å². The number of rotatable bonds is 2. The second-order valence-corrected chi connectivity index (χ2v) is 4.04. The molecular weight excluding hydrogens is 251 g/mol. The third kappa shape index (κ3) is 2.97. The first-order chi connectivity index (χ1) is 8.47. The summed E-state index contributed by atoms with van der Waals surface area (Å²) in [6.45, 7) is 1.37. The number of anilines is 1. The Bertz CT molecular complexity index is 424. The van der Waals surface area contributed by atoms with E-state index in [0.717, 1.165) is 13.0 Å². The SMILES string of the molecule is O=C(Nc1n[nH]c(C(F)(F)F)n1)C1CCCNC1. The molecule has 9 heteroatoms. The summed E-state index contributed by atoms with van der Waals surface area (Å²) in [5, 5.41) is 10.4. The molecule has 0 aromatic carbocycles. The summed E-state index contributed by atoms with van der Waals surface area (Å²) in [7, 11) is 0. The van der Waals surface area contributed by atoms with Gasteiger partial charge >= 0.3 is 6.18 Å². The van der Waals surface area contributed by atoms with Crippen LogP contribution in [0.25, 0.3) is 0 Å². The molecule has 1 atom stereocenters. The lowest BCUT2D eigenvalue weighted by molar-refractivity contribution is -0.144. The molecule has 0 bridgehead atoms. The zero-order chi connectivity index (χ0) is 13.2. The van der Waals surface area contributed by atoms with Crippen molar-refractivity contribution in [3.63, 3.8) is 0 Å². The van der Waals surface area contributed by atoms with Gasteiger partial charge in [-0.05, 0) is 19.4 Å². The normalized spacial score (nSPS) is 20.7. The molecule has 3 N–H and O–H groups in total. The number of hydrogen-bond acceptors (Lipinski definition) is 4. The highest BCUT2D eigenvalue weighted by Crippen LogP contribution is 2.26. The van der Waals surface area contributed by atoms with Crippen LogP contribution in [0.3, 0.4) is 0 Å². The molecule has 1 aliphatic heterocycles. The second kappa shape index (κ2) is 4.92. The zero-order valence-electron chi connectivity index (χ0n) is 9.34. The van der Waals surface area contributed by atoms with E-state index < -0.39 is 12.0 Å². The predicted molar refractivity (Wildman–Crippen MR) is 55.6 cm³/mol. The van der Waals surface area contributed by atoms with Gasteiger partial charge in [0, 0.05) is 6.54 Å². The van der Waals surface area contributed by atoms with Crippen molar-refractivity contribution in [1.82, 2.24) is 20.5 Å². The van der Waals surface area contributed by atoms with Crippen molar-refractivity contribution < 1.29 is 18.0 Å². The Morgan fingerprint density at radius 3 is 2.78 bits per heavy atom. The molecular formula is C9H12F3N5O. The molecule has 18 heavy (non-hydrogen) atoms. The monoisotopic (exact) mass is 263 g/mol. The van der Waals surface area contributed by atoms with Gasteiger partial charge in [-0.2, -0.15) is 18.2 Å². The molecule has 0 saturated carbocycles. The van der Waals surface area contributed by atoms with Crippen LogP contribution in [-0.2, 0) is 11.0 Å². The predicted octanol–water partition coefficient (Wildman–Crippen LogP) is 0.762. The van der Waals surface area contributed by atoms with Crippen LogP contribution in [0.4, 0.5) is 19.1 Å². The van der Waals surface area contributed by atoms with Gasteiger partial charge in [-0.3, -0.25) is 15.2 Å². The van der Waals surface area contributed by atoms with Gasteiger partial charge in [0.15, 0.2) is 0 Å². The number of amides is 1. The molecule has 1 saturated heterocycles. The molecule has 2 heterocycles. The van der Waals surface area contributed by atoms with Crippen molar-refractivity contribution in [3.05, 3.63) is 5.82 Å². The van der Waals surface area contributed by atoms with E-state index in [1.807, 2.05) is 0 Å². The van der Waals surface area contributed by atoms with Gasteiger partial charge in [-0.1, -0.05) is 0 Å². The van der Waals surface area contributed by atoms with Crippen LogP contribution >= 0.6 is 0 Å². The number of carbonyl (C=O) groups is 1. The number of nitrogens with zero attached hydrogens (tertiary/aromatic N) is 2. The third-order valence-electron chi connectivity index (χ3n) is 2.66. The lowest BCUT2D eigenvalue weighted by Gasteiger charge is -2.20. The van der Waals surface area contributed by atoms with Crippen molar-refractivity contribution in [2.75, 3.05) is 18.4 Å². The fourth-order valence-corrected chi connectivity index (χ4v) is 1.73. The smallest absolute Gasteiger partial charge is 0.316 e. The number of carbonyl (C=O) groups excluding carboxylic acids is 1. The van der Waals surface area contributed by atoms with Crippen LogP contribution in [-0.4, -0.2) is 34.2 Å². The number of aromatic nitrogens is 3. The van der Waals surface area contributed by atoms with E-state index in [1.54, 1.807) is 5.10 Å². The van der Waals surface area contributed by atoms with E-state index in [4.69, 9.17) is 0 Å². The Hall–Kier alpha value is -1.64. The lowest BCUT2D eigenvalue weighted by Crippen LogP contribution is -2.37. The minimum Gasteiger partial charge on any atom is -0.316 e. The summed E-state index contributed by atoms with van der Waals surface area (Å²) in [5.74, 6) is -2.20. The average Bonchev–Trinajstić information content (AvgIpc) is 2.78. The Labute approximate surface area is 100 Å². The van der Waals surface area contributed by atoms with Crippen LogP contribution in [0.2, 0.25) is 0 Å². The van der Waals surface area contributed by atoms with Crippen LogP contribution in [0, 0.1) is 5.92 Å². The maximum absolute atomic E-state index is 12.2. The fourth-order valence-electron chi connectivity index (χ4n) is 1.73. The molecule has 6 nitrogen and oxygen atoms in total. The molecule has 1 amide bonds. The first-order valence-electron chi connectivity index (χ1n) is 5.48. The maximum atomic E-state index is 12.2. The number of H-pyrrole nitrogens is 1. The molecule has 1 aromatic heterocycles. The van der Waals surface area contributed by atoms with Crippen molar-refractivity contribution in [2.24, 2.45) is 5.92 Å². The Kier molecular flexibility index (Phi) is 3.50. The Morgan fingerprint density at radius 1 is 1.44 bits per heavy atom. The zero-order valence-corrected chi connectivity index (χ0v) is 9.34. The van der Waals surface area contributed by atoms with E-state index in [-0.39, 0.29) is 17.8 Å². The van der Waals surface area contributed by atoms with E-state index in [2.05, 4.69) is 20.7 Å². The van der Waals surface area contributed by atoms with Gasteiger partial charge in [-0.15, -0.1) is 5.10 Å². The van der Waals surface area contributed by atoms with Crippen LogP contribution in [0.15, 0.2) is 0 Å². The summed E-state index contributed by atoms with van der Waals surface area (Å²) in [6, 6.07) is 0. The van der Waals surface area contributed by atoms with E-state index in [1.165, 1.54) is 0 Å². The van der Waals surface area contributed by atoms with Crippen molar-refractivity contribution in [2.45, 2.75) is 19.0 Å². The number of nitrogens with one attached hydrogen (secondary N) is 3. The van der Waals surface area contributed by atoms with Gasteiger partial charge in [0.05, 0.1) is 5.92 Å². The molecule has 1 fully saturated rings.